The van der Waals surface area contributed by atoms with E-state index >= 15 is 0 Å². The summed E-state index contributed by atoms with van der Waals surface area (Å²) in [6, 6.07) is 4.01. The van der Waals surface area contributed by atoms with Crippen LogP contribution in [0.4, 0.5) is 0 Å². The molecule has 1 aliphatic rings. The largest absolute Gasteiger partial charge is 0.312 e. The van der Waals surface area contributed by atoms with Crippen LogP contribution in [0, 0.1) is 0 Å². The Kier molecular flexibility index (Phi) is 2.59. The van der Waals surface area contributed by atoms with Crippen molar-refractivity contribution < 1.29 is 0 Å². The summed E-state index contributed by atoms with van der Waals surface area (Å²) in [5, 5.41) is 0.578. The lowest BCUT2D eigenvalue weighted by molar-refractivity contribution is 0.679. The first-order chi connectivity index (χ1) is 7.90. The highest BCUT2D eigenvalue weighted by molar-refractivity contribution is 7.99. The molecule has 0 aliphatic carbocycles. The Morgan fingerprint density at radius 2 is 2.50 bits per heavy atom. The van der Waals surface area contributed by atoms with Crippen molar-refractivity contribution in [3.8, 4) is 0 Å². The van der Waals surface area contributed by atoms with Crippen molar-refractivity contribution in [3.63, 3.8) is 0 Å². The molecule has 0 spiro atoms. The van der Waals surface area contributed by atoms with E-state index in [2.05, 4.69) is 22.5 Å². The number of rotatable bonds is 2. The lowest BCUT2D eigenvalue weighted by Crippen LogP contribution is -2.04. The zero-order valence-electron chi connectivity index (χ0n) is 9.39. The molecule has 1 saturated heterocycles. The van der Waals surface area contributed by atoms with Gasteiger partial charge < -0.3 is 4.57 Å². The molecule has 0 N–H and O–H groups in total. The van der Waals surface area contributed by atoms with E-state index < -0.39 is 0 Å². The van der Waals surface area contributed by atoms with Crippen LogP contribution < -0.4 is 0 Å². The zero-order chi connectivity index (χ0) is 11.0. The second-order valence-electron chi connectivity index (χ2n) is 4.06. The summed E-state index contributed by atoms with van der Waals surface area (Å²) in [7, 11) is 0. The monoisotopic (exact) mass is 233 g/mol. The molecule has 1 aliphatic heterocycles. The predicted octanol–water partition coefficient (Wildman–Crippen LogP) is 3.02. The van der Waals surface area contributed by atoms with Crippen LogP contribution >= 0.6 is 11.8 Å². The second kappa shape index (κ2) is 4.09. The number of imidazole rings is 1. The summed E-state index contributed by atoms with van der Waals surface area (Å²) in [6.07, 6.45) is 4.42. The van der Waals surface area contributed by atoms with E-state index in [4.69, 9.17) is 4.98 Å². The van der Waals surface area contributed by atoms with Crippen molar-refractivity contribution in [1.29, 1.82) is 0 Å². The maximum Gasteiger partial charge on any atom is 0.160 e. The lowest BCUT2D eigenvalue weighted by atomic mass is 10.2. The second-order valence-corrected chi connectivity index (χ2v) is 5.37. The van der Waals surface area contributed by atoms with Crippen LogP contribution in [-0.4, -0.2) is 20.3 Å². The molecule has 16 heavy (non-hydrogen) atoms. The van der Waals surface area contributed by atoms with Gasteiger partial charge in [-0.2, -0.15) is 11.8 Å². The van der Waals surface area contributed by atoms with Crippen LogP contribution in [0.2, 0.25) is 0 Å². The number of hydrogen-bond donors (Lipinski definition) is 0. The van der Waals surface area contributed by atoms with Gasteiger partial charge in [-0.1, -0.05) is 0 Å². The summed E-state index contributed by atoms with van der Waals surface area (Å²) < 4.78 is 2.26. The van der Waals surface area contributed by atoms with E-state index in [0.29, 0.717) is 5.25 Å². The topological polar surface area (TPSA) is 30.7 Å². The van der Waals surface area contributed by atoms with Crippen LogP contribution in [0.25, 0.3) is 11.2 Å². The van der Waals surface area contributed by atoms with Crippen LogP contribution in [0.15, 0.2) is 18.3 Å². The molecule has 4 heteroatoms. The molecule has 1 fully saturated rings. The van der Waals surface area contributed by atoms with Crippen LogP contribution in [0.3, 0.4) is 0 Å². The highest BCUT2D eigenvalue weighted by atomic mass is 32.2. The summed E-state index contributed by atoms with van der Waals surface area (Å²) in [5.74, 6) is 2.49. The van der Waals surface area contributed by atoms with Gasteiger partial charge in [-0.3, -0.25) is 0 Å². The lowest BCUT2D eigenvalue weighted by Gasteiger charge is -2.10. The minimum atomic E-state index is 0.578. The Balaban J connectivity index is 2.15. The maximum absolute atomic E-state index is 4.75. The SMILES string of the molecule is CCn1c(C2CCCS2)nc2cccnc21. The highest BCUT2D eigenvalue weighted by Crippen LogP contribution is 2.40. The zero-order valence-corrected chi connectivity index (χ0v) is 10.2. The number of nitrogens with zero attached hydrogens (tertiary/aromatic N) is 3. The van der Waals surface area contributed by atoms with Crippen molar-refractivity contribution in [2.45, 2.75) is 31.6 Å². The number of thioether (sulfide) groups is 1. The Bertz CT molecular complexity index is 500. The van der Waals surface area contributed by atoms with Crippen molar-refractivity contribution in [2.75, 3.05) is 5.75 Å². The molecule has 84 valence electrons. The molecule has 0 aromatic carbocycles. The Morgan fingerprint density at radius 1 is 1.56 bits per heavy atom. The van der Waals surface area contributed by atoms with E-state index in [1.807, 2.05) is 24.0 Å². The van der Waals surface area contributed by atoms with Crippen LogP contribution in [-0.2, 0) is 6.54 Å². The third-order valence-corrected chi connectivity index (χ3v) is 4.44. The van der Waals surface area contributed by atoms with Crippen molar-refractivity contribution in [1.82, 2.24) is 14.5 Å². The normalized spacial score (nSPS) is 20.7. The Labute approximate surface area is 99.3 Å². The molecule has 0 saturated carbocycles. The first kappa shape index (κ1) is 10.1. The standard InChI is InChI=1S/C12H15N3S/c1-2-15-11-9(5-3-7-13-11)14-12(15)10-6-4-8-16-10/h3,5,7,10H,2,4,6,8H2,1H3. The number of fused-ring (bicyclic) bond motifs is 1. The van der Waals surface area contributed by atoms with E-state index in [-0.39, 0.29) is 0 Å². The van der Waals surface area contributed by atoms with Gasteiger partial charge in [0.2, 0.25) is 0 Å². The molecular formula is C12H15N3S. The molecule has 1 unspecified atom stereocenters. The van der Waals surface area contributed by atoms with Gasteiger partial charge in [-0.15, -0.1) is 0 Å². The molecule has 0 bridgehead atoms. The molecule has 2 aromatic heterocycles. The molecule has 3 rings (SSSR count). The van der Waals surface area contributed by atoms with Gasteiger partial charge >= 0.3 is 0 Å². The fraction of sp³-hybridized carbons (Fsp3) is 0.500. The summed E-state index contributed by atoms with van der Waals surface area (Å²) >= 11 is 2.03. The first-order valence-electron chi connectivity index (χ1n) is 5.83. The summed E-state index contributed by atoms with van der Waals surface area (Å²) in [4.78, 5) is 9.18. The number of hydrogen-bond acceptors (Lipinski definition) is 3. The van der Waals surface area contributed by atoms with Gasteiger partial charge in [0.05, 0.1) is 5.25 Å². The van der Waals surface area contributed by atoms with Crippen LogP contribution in [0.1, 0.15) is 30.8 Å². The van der Waals surface area contributed by atoms with Gasteiger partial charge in [0.1, 0.15) is 11.3 Å². The fourth-order valence-electron chi connectivity index (χ4n) is 2.31. The smallest absolute Gasteiger partial charge is 0.160 e. The van der Waals surface area contributed by atoms with Gasteiger partial charge in [-0.05, 0) is 37.7 Å². The van der Waals surface area contributed by atoms with E-state index in [9.17, 15) is 0 Å². The van der Waals surface area contributed by atoms with Crippen LogP contribution in [0.5, 0.6) is 0 Å². The Morgan fingerprint density at radius 3 is 3.25 bits per heavy atom. The fourth-order valence-corrected chi connectivity index (χ4v) is 3.60. The molecule has 0 amide bonds. The van der Waals surface area contributed by atoms with Gasteiger partial charge in [0.25, 0.3) is 0 Å². The van der Waals surface area contributed by atoms with E-state index in [1.165, 1.54) is 24.4 Å². The van der Waals surface area contributed by atoms with Gasteiger partial charge in [0.15, 0.2) is 5.65 Å². The number of aryl methyl sites for hydroxylation is 1. The van der Waals surface area contributed by atoms with Crippen molar-refractivity contribution in [3.05, 3.63) is 24.2 Å². The average Bonchev–Trinajstić information content (AvgIpc) is 2.95. The molecule has 1 atom stereocenters. The van der Waals surface area contributed by atoms with Crippen molar-refractivity contribution in [2.24, 2.45) is 0 Å². The highest BCUT2D eigenvalue weighted by Gasteiger charge is 2.23. The molecular weight excluding hydrogens is 218 g/mol. The van der Waals surface area contributed by atoms with Gasteiger partial charge in [0, 0.05) is 12.7 Å². The number of aromatic nitrogens is 3. The predicted molar refractivity (Wildman–Crippen MR) is 67.6 cm³/mol. The van der Waals surface area contributed by atoms with E-state index in [0.717, 1.165) is 17.7 Å². The summed E-state index contributed by atoms with van der Waals surface area (Å²) in [5.41, 5.74) is 2.07. The minimum absolute atomic E-state index is 0.578. The average molecular weight is 233 g/mol. The molecule has 3 heterocycles. The van der Waals surface area contributed by atoms with Gasteiger partial charge in [-0.25, -0.2) is 9.97 Å². The molecule has 2 aromatic rings. The quantitative estimate of drug-likeness (QED) is 0.799. The summed E-state index contributed by atoms with van der Waals surface area (Å²) in [6.45, 7) is 3.12. The molecule has 3 nitrogen and oxygen atoms in total. The first-order valence-corrected chi connectivity index (χ1v) is 6.87. The van der Waals surface area contributed by atoms with Crippen molar-refractivity contribution >= 4 is 22.9 Å². The maximum atomic E-state index is 4.75. The van der Waals surface area contributed by atoms with E-state index in [1.54, 1.807) is 0 Å². The minimum Gasteiger partial charge on any atom is -0.312 e. The molecule has 0 radical (unpaired) electrons. The third kappa shape index (κ3) is 1.52. The third-order valence-electron chi connectivity index (χ3n) is 3.07. The number of pyridine rings is 1. The Hall–Kier alpha value is -1.03.